The van der Waals surface area contributed by atoms with E-state index in [1.807, 2.05) is 54.6 Å². The maximum atomic E-state index is 12.7. The Hall–Kier alpha value is -2.60. The van der Waals surface area contributed by atoms with Gasteiger partial charge in [0.25, 0.3) is 0 Å². The highest BCUT2D eigenvalue weighted by molar-refractivity contribution is 6.36. The van der Waals surface area contributed by atoms with Gasteiger partial charge in [0.05, 0.1) is 23.9 Å². The largest absolute Gasteiger partial charge is 0.497 e. The van der Waals surface area contributed by atoms with E-state index in [1.165, 1.54) is 0 Å². The van der Waals surface area contributed by atoms with E-state index in [9.17, 15) is 4.79 Å². The second-order valence-electron chi connectivity index (χ2n) is 7.91. The van der Waals surface area contributed by atoms with Gasteiger partial charge in [-0.05, 0) is 60.9 Å². The lowest BCUT2D eigenvalue weighted by Gasteiger charge is -2.42. The Bertz CT molecular complexity index is 1120. The molecule has 1 saturated heterocycles. The number of benzene rings is 3. The van der Waals surface area contributed by atoms with Crippen LogP contribution in [0.25, 0.3) is 0 Å². The van der Waals surface area contributed by atoms with Crippen molar-refractivity contribution in [3.8, 4) is 5.75 Å². The van der Waals surface area contributed by atoms with Gasteiger partial charge in [0.15, 0.2) is 0 Å². The molecule has 3 aromatic rings. The summed E-state index contributed by atoms with van der Waals surface area (Å²) in [6, 6.07) is 20.3. The standard InChI is InChI=1S/C25H24Cl3N3O2/c1-33-21-4-2-3-19(14-21)29-25(32)30-20-11-12-31(23-10-9-18(27)13-22(23)28)24(15-20)16-5-7-17(26)8-6-16/h2-10,13-14,20,24H,11-12,15H2,1H3,(H2,29,30,32). The van der Waals surface area contributed by atoms with Crippen LogP contribution in [0.4, 0.5) is 16.2 Å². The number of ether oxygens (including phenoxy) is 1. The van der Waals surface area contributed by atoms with Crippen molar-refractivity contribution in [2.75, 3.05) is 23.9 Å². The van der Waals surface area contributed by atoms with Crippen molar-refractivity contribution in [2.45, 2.75) is 24.9 Å². The lowest BCUT2D eigenvalue weighted by molar-refractivity contribution is 0.243. The zero-order chi connectivity index (χ0) is 23.4. The van der Waals surface area contributed by atoms with Crippen molar-refractivity contribution in [2.24, 2.45) is 0 Å². The molecule has 5 nitrogen and oxygen atoms in total. The zero-order valence-electron chi connectivity index (χ0n) is 18.0. The van der Waals surface area contributed by atoms with Gasteiger partial charge in [-0.2, -0.15) is 0 Å². The third kappa shape index (κ3) is 5.85. The fourth-order valence-corrected chi connectivity index (χ4v) is 4.80. The van der Waals surface area contributed by atoms with Crippen molar-refractivity contribution in [1.82, 2.24) is 5.32 Å². The molecule has 2 unspecified atom stereocenters. The predicted octanol–water partition coefficient (Wildman–Crippen LogP) is 7.19. The summed E-state index contributed by atoms with van der Waals surface area (Å²) in [6.07, 6.45) is 1.49. The van der Waals surface area contributed by atoms with Crippen LogP contribution in [0.15, 0.2) is 66.7 Å². The number of nitrogens with one attached hydrogen (secondary N) is 2. The summed E-state index contributed by atoms with van der Waals surface area (Å²) < 4.78 is 5.22. The van der Waals surface area contributed by atoms with Crippen LogP contribution in [0.1, 0.15) is 24.4 Å². The van der Waals surface area contributed by atoms with Crippen LogP contribution in [0, 0.1) is 0 Å². The topological polar surface area (TPSA) is 53.6 Å². The minimum Gasteiger partial charge on any atom is -0.497 e. The second-order valence-corrected chi connectivity index (χ2v) is 9.19. The van der Waals surface area contributed by atoms with E-state index in [2.05, 4.69) is 15.5 Å². The number of urea groups is 1. The number of carbonyl (C=O) groups is 1. The van der Waals surface area contributed by atoms with Crippen LogP contribution < -0.4 is 20.3 Å². The molecule has 2 atom stereocenters. The van der Waals surface area contributed by atoms with Crippen LogP contribution in [-0.4, -0.2) is 25.7 Å². The minimum absolute atomic E-state index is 0.0109. The Morgan fingerprint density at radius 2 is 1.76 bits per heavy atom. The van der Waals surface area contributed by atoms with E-state index < -0.39 is 0 Å². The average Bonchev–Trinajstić information content (AvgIpc) is 2.80. The summed E-state index contributed by atoms with van der Waals surface area (Å²) in [7, 11) is 1.59. The molecule has 33 heavy (non-hydrogen) atoms. The van der Waals surface area contributed by atoms with Gasteiger partial charge in [-0.15, -0.1) is 0 Å². The Morgan fingerprint density at radius 1 is 1.00 bits per heavy atom. The molecule has 1 heterocycles. The summed E-state index contributed by atoms with van der Waals surface area (Å²) in [6.45, 7) is 0.721. The van der Waals surface area contributed by atoms with E-state index in [1.54, 1.807) is 19.2 Å². The van der Waals surface area contributed by atoms with Gasteiger partial charge in [-0.25, -0.2) is 4.79 Å². The van der Waals surface area contributed by atoms with E-state index >= 15 is 0 Å². The number of halogens is 3. The van der Waals surface area contributed by atoms with Crippen molar-refractivity contribution >= 4 is 52.2 Å². The fourth-order valence-electron chi connectivity index (χ4n) is 4.15. The molecule has 0 radical (unpaired) electrons. The molecule has 8 heteroatoms. The molecule has 4 rings (SSSR count). The van der Waals surface area contributed by atoms with Crippen molar-refractivity contribution in [3.63, 3.8) is 0 Å². The SMILES string of the molecule is COc1cccc(NC(=O)NC2CCN(c3ccc(Cl)cc3Cl)C(c3ccc(Cl)cc3)C2)c1. The first-order chi connectivity index (χ1) is 15.9. The Labute approximate surface area is 208 Å². The van der Waals surface area contributed by atoms with Crippen LogP contribution in [0.2, 0.25) is 15.1 Å². The Morgan fingerprint density at radius 3 is 2.48 bits per heavy atom. The first-order valence-corrected chi connectivity index (χ1v) is 11.7. The Balaban J connectivity index is 1.52. The second kappa shape index (κ2) is 10.6. The summed E-state index contributed by atoms with van der Waals surface area (Å²) in [5, 5.41) is 7.88. The molecule has 1 fully saturated rings. The van der Waals surface area contributed by atoms with Crippen LogP contribution in [-0.2, 0) is 0 Å². The van der Waals surface area contributed by atoms with Crippen molar-refractivity contribution in [3.05, 3.63) is 87.4 Å². The van der Waals surface area contributed by atoms with Crippen LogP contribution in [0.5, 0.6) is 5.75 Å². The number of rotatable bonds is 5. The number of anilines is 2. The van der Waals surface area contributed by atoms with E-state index in [0.717, 1.165) is 24.2 Å². The van der Waals surface area contributed by atoms with Gasteiger partial charge in [0.1, 0.15) is 5.75 Å². The van der Waals surface area contributed by atoms with Crippen LogP contribution in [0.3, 0.4) is 0 Å². The number of amides is 2. The number of nitrogens with zero attached hydrogens (tertiary/aromatic N) is 1. The molecule has 0 aromatic heterocycles. The quantitative estimate of drug-likeness (QED) is 0.387. The molecule has 0 saturated carbocycles. The van der Waals surface area contributed by atoms with Gasteiger partial charge < -0.3 is 20.3 Å². The van der Waals surface area contributed by atoms with Gasteiger partial charge >= 0.3 is 6.03 Å². The lowest BCUT2D eigenvalue weighted by Crippen LogP contribution is -2.47. The zero-order valence-corrected chi connectivity index (χ0v) is 20.3. The highest BCUT2D eigenvalue weighted by Crippen LogP contribution is 2.39. The van der Waals surface area contributed by atoms with Gasteiger partial charge in [0.2, 0.25) is 0 Å². The highest BCUT2D eigenvalue weighted by Gasteiger charge is 2.31. The van der Waals surface area contributed by atoms with Crippen molar-refractivity contribution in [1.29, 1.82) is 0 Å². The summed E-state index contributed by atoms with van der Waals surface area (Å²) in [5.41, 5.74) is 2.69. The number of hydrogen-bond acceptors (Lipinski definition) is 3. The predicted molar refractivity (Wildman–Crippen MR) is 136 cm³/mol. The molecule has 2 N–H and O–H groups in total. The molecular weight excluding hydrogens is 481 g/mol. The average molecular weight is 505 g/mol. The molecule has 0 bridgehead atoms. The normalized spacial score (nSPS) is 18.0. The monoisotopic (exact) mass is 503 g/mol. The number of methoxy groups -OCH3 is 1. The summed E-state index contributed by atoms with van der Waals surface area (Å²) in [4.78, 5) is 14.9. The van der Waals surface area contributed by atoms with E-state index in [0.29, 0.717) is 32.9 Å². The molecule has 0 aliphatic carbocycles. The summed E-state index contributed by atoms with van der Waals surface area (Å²) >= 11 is 18.8. The molecule has 1 aliphatic heterocycles. The van der Waals surface area contributed by atoms with Gasteiger partial charge in [-0.3, -0.25) is 0 Å². The third-order valence-corrected chi connectivity index (χ3v) is 6.53. The van der Waals surface area contributed by atoms with E-state index in [4.69, 9.17) is 39.5 Å². The third-order valence-electron chi connectivity index (χ3n) is 5.74. The molecule has 172 valence electrons. The highest BCUT2D eigenvalue weighted by atomic mass is 35.5. The lowest BCUT2D eigenvalue weighted by atomic mass is 9.91. The van der Waals surface area contributed by atoms with Crippen molar-refractivity contribution < 1.29 is 9.53 Å². The molecule has 1 aliphatic rings. The molecule has 2 amide bonds. The fraction of sp³-hybridized carbons (Fsp3) is 0.240. The first kappa shape index (κ1) is 23.6. The smallest absolute Gasteiger partial charge is 0.319 e. The number of carbonyl (C=O) groups excluding carboxylic acids is 1. The summed E-state index contributed by atoms with van der Waals surface area (Å²) in [5.74, 6) is 0.684. The number of piperidine rings is 1. The van der Waals surface area contributed by atoms with Gasteiger partial charge in [-0.1, -0.05) is 53.0 Å². The Kier molecular flexibility index (Phi) is 7.53. The van der Waals surface area contributed by atoms with Gasteiger partial charge in [0, 0.05) is 34.4 Å². The minimum atomic E-state index is -0.249. The van der Waals surface area contributed by atoms with Crippen LogP contribution >= 0.6 is 34.8 Å². The number of hydrogen-bond donors (Lipinski definition) is 2. The maximum Gasteiger partial charge on any atom is 0.319 e. The molecular formula is C25H24Cl3N3O2. The molecule has 0 spiro atoms. The van der Waals surface area contributed by atoms with E-state index in [-0.39, 0.29) is 18.1 Å². The first-order valence-electron chi connectivity index (χ1n) is 10.6. The molecule has 3 aromatic carbocycles. The maximum absolute atomic E-state index is 12.7.